The molecule has 3 heterocycles. The zero-order valence-electron chi connectivity index (χ0n) is 18.6. The lowest BCUT2D eigenvalue weighted by molar-refractivity contribution is -0.121. The second kappa shape index (κ2) is 9.85. The molecule has 36 heavy (non-hydrogen) atoms. The maximum absolute atomic E-state index is 13.8. The van der Waals surface area contributed by atoms with Crippen LogP contribution < -0.4 is 20.1 Å². The Morgan fingerprint density at radius 1 is 0.944 bits per heavy atom. The molecule has 2 aliphatic heterocycles. The van der Waals surface area contributed by atoms with Crippen LogP contribution in [0, 0.1) is 17.6 Å². The predicted octanol–water partition coefficient (Wildman–Crippen LogP) is 3.29. The van der Waals surface area contributed by atoms with Crippen LogP contribution in [0.3, 0.4) is 0 Å². The van der Waals surface area contributed by atoms with Crippen LogP contribution in [0.5, 0.6) is 11.5 Å². The van der Waals surface area contributed by atoms with Gasteiger partial charge in [0.05, 0.1) is 5.69 Å². The fourth-order valence-electron chi connectivity index (χ4n) is 3.87. The molecule has 0 bridgehead atoms. The highest BCUT2D eigenvalue weighted by Gasteiger charge is 2.30. The van der Waals surface area contributed by atoms with E-state index >= 15 is 0 Å². The number of piperidine rings is 1. The molecule has 0 atom stereocenters. The summed E-state index contributed by atoms with van der Waals surface area (Å²) in [6.45, 7) is 0.643. The fraction of sp³-hybridized carbons (Fsp3) is 0.261. The zero-order chi connectivity index (χ0) is 25.2. The Balaban J connectivity index is 1.15. The summed E-state index contributed by atoms with van der Waals surface area (Å²) in [5.41, 5.74) is 0.254. The van der Waals surface area contributed by atoms with Crippen LogP contribution in [-0.4, -0.2) is 52.7 Å². The van der Waals surface area contributed by atoms with Gasteiger partial charge in [-0.25, -0.2) is 8.78 Å². The number of anilines is 2. The van der Waals surface area contributed by atoms with Crippen LogP contribution in [0.1, 0.15) is 32.4 Å². The van der Waals surface area contributed by atoms with E-state index in [-0.39, 0.29) is 35.6 Å². The summed E-state index contributed by atoms with van der Waals surface area (Å²) in [7, 11) is 0. The molecule has 1 fully saturated rings. The number of fused-ring (bicyclic) bond motifs is 1. The summed E-state index contributed by atoms with van der Waals surface area (Å²) >= 11 is 0.861. The Bertz CT molecular complexity index is 1340. The fourth-order valence-corrected chi connectivity index (χ4v) is 4.57. The minimum Gasteiger partial charge on any atom is -0.454 e. The molecular weight excluding hydrogens is 496 g/mol. The number of aromatic nitrogens is 2. The van der Waals surface area contributed by atoms with Crippen molar-refractivity contribution in [2.45, 2.75) is 12.8 Å². The van der Waals surface area contributed by atoms with E-state index in [1.54, 1.807) is 18.2 Å². The topological polar surface area (TPSA) is 123 Å². The molecule has 1 aromatic heterocycles. The first-order valence-corrected chi connectivity index (χ1v) is 11.8. The van der Waals surface area contributed by atoms with Gasteiger partial charge in [0.15, 0.2) is 11.5 Å². The monoisotopic (exact) mass is 515 g/mol. The average Bonchev–Trinajstić information content (AvgIpc) is 3.56. The Morgan fingerprint density at radius 2 is 1.69 bits per heavy atom. The van der Waals surface area contributed by atoms with Crippen molar-refractivity contribution in [2.24, 2.45) is 5.92 Å². The number of nitrogens with one attached hydrogen (secondary N) is 2. The lowest BCUT2D eigenvalue weighted by Crippen LogP contribution is -2.41. The number of rotatable bonds is 5. The highest BCUT2D eigenvalue weighted by molar-refractivity contribution is 7.15. The van der Waals surface area contributed by atoms with Crippen LogP contribution in [-0.2, 0) is 4.79 Å². The molecule has 0 saturated carbocycles. The molecule has 13 heteroatoms. The van der Waals surface area contributed by atoms with Crippen molar-refractivity contribution in [2.75, 3.05) is 30.5 Å². The minimum atomic E-state index is -0.730. The van der Waals surface area contributed by atoms with Gasteiger partial charge in [-0.15, -0.1) is 10.2 Å². The second-order valence-corrected chi connectivity index (χ2v) is 9.09. The summed E-state index contributed by atoms with van der Waals surface area (Å²) in [5.74, 6) is -2.12. The van der Waals surface area contributed by atoms with Crippen molar-refractivity contribution < 1.29 is 32.6 Å². The van der Waals surface area contributed by atoms with Gasteiger partial charge in [0, 0.05) is 36.8 Å². The van der Waals surface area contributed by atoms with Gasteiger partial charge in [-0.2, -0.15) is 0 Å². The highest BCUT2D eigenvalue weighted by Crippen LogP contribution is 2.34. The molecule has 5 rings (SSSR count). The first-order valence-electron chi connectivity index (χ1n) is 11.0. The van der Waals surface area contributed by atoms with E-state index in [2.05, 4.69) is 20.8 Å². The number of ether oxygens (including phenoxy) is 2. The van der Waals surface area contributed by atoms with Crippen molar-refractivity contribution in [3.05, 3.63) is 58.0 Å². The lowest BCUT2D eigenvalue weighted by atomic mass is 9.95. The van der Waals surface area contributed by atoms with Gasteiger partial charge in [-0.05, 0) is 37.1 Å². The number of amides is 3. The van der Waals surface area contributed by atoms with Gasteiger partial charge in [0.2, 0.25) is 22.7 Å². The van der Waals surface area contributed by atoms with Crippen molar-refractivity contribution in [3.8, 4) is 11.5 Å². The summed E-state index contributed by atoms with van der Waals surface area (Å²) in [6.07, 6.45) is 0.676. The highest BCUT2D eigenvalue weighted by atomic mass is 32.1. The van der Waals surface area contributed by atoms with Crippen LogP contribution in [0.15, 0.2) is 36.4 Å². The molecule has 2 N–H and O–H groups in total. The van der Waals surface area contributed by atoms with Crippen LogP contribution >= 0.6 is 11.3 Å². The van der Waals surface area contributed by atoms with Crippen LogP contribution in [0.25, 0.3) is 0 Å². The van der Waals surface area contributed by atoms with Crippen LogP contribution in [0.4, 0.5) is 20.2 Å². The van der Waals surface area contributed by atoms with E-state index in [4.69, 9.17) is 9.47 Å². The largest absolute Gasteiger partial charge is 0.454 e. The summed E-state index contributed by atoms with van der Waals surface area (Å²) in [5, 5.41) is 12.8. The molecule has 186 valence electrons. The molecule has 3 amide bonds. The van der Waals surface area contributed by atoms with Gasteiger partial charge < -0.3 is 25.0 Å². The maximum Gasteiger partial charge on any atom is 0.286 e. The van der Waals surface area contributed by atoms with Crippen molar-refractivity contribution in [3.63, 3.8) is 0 Å². The number of carbonyl (C=O) groups excluding carboxylic acids is 3. The van der Waals surface area contributed by atoms with Gasteiger partial charge in [-0.3, -0.25) is 14.4 Å². The SMILES string of the molecule is O=C(Nc1ccc2c(c1)OCO2)c1nnc(C(=O)N2CCC(C(=O)Nc3cc(F)ccc3F)CC2)s1. The molecule has 2 aliphatic rings. The van der Waals surface area contributed by atoms with Crippen LogP contribution in [0.2, 0.25) is 0 Å². The summed E-state index contributed by atoms with van der Waals surface area (Å²) in [4.78, 5) is 39.4. The number of carbonyl (C=O) groups is 3. The van der Waals surface area contributed by atoms with Gasteiger partial charge in [-0.1, -0.05) is 11.3 Å². The van der Waals surface area contributed by atoms with Gasteiger partial charge in [0.25, 0.3) is 11.8 Å². The van der Waals surface area contributed by atoms with E-state index in [1.807, 2.05) is 0 Å². The van der Waals surface area contributed by atoms with Gasteiger partial charge in [0.1, 0.15) is 11.6 Å². The number of hydrogen-bond donors (Lipinski definition) is 2. The molecule has 0 unspecified atom stereocenters. The van der Waals surface area contributed by atoms with E-state index in [0.29, 0.717) is 30.0 Å². The molecular formula is C23H19F2N5O5S. The summed E-state index contributed by atoms with van der Waals surface area (Å²) in [6, 6.07) is 7.78. The minimum absolute atomic E-state index is 0.0161. The number of benzene rings is 2. The smallest absolute Gasteiger partial charge is 0.286 e. The molecule has 3 aromatic rings. The third-order valence-electron chi connectivity index (χ3n) is 5.77. The molecule has 10 nitrogen and oxygen atoms in total. The average molecular weight is 515 g/mol. The van der Waals surface area contributed by atoms with E-state index < -0.39 is 35.3 Å². The third kappa shape index (κ3) is 4.96. The molecule has 2 aromatic carbocycles. The number of likely N-dealkylation sites (tertiary alicyclic amines) is 1. The third-order valence-corrected chi connectivity index (χ3v) is 6.68. The Labute approximate surface area is 207 Å². The molecule has 0 aliphatic carbocycles. The quantitative estimate of drug-likeness (QED) is 0.535. The lowest BCUT2D eigenvalue weighted by Gasteiger charge is -2.30. The number of hydrogen-bond acceptors (Lipinski definition) is 8. The van der Waals surface area contributed by atoms with Gasteiger partial charge >= 0.3 is 0 Å². The molecule has 0 spiro atoms. The second-order valence-electron chi connectivity index (χ2n) is 8.11. The summed E-state index contributed by atoms with van der Waals surface area (Å²) < 4.78 is 37.7. The Kier molecular flexibility index (Phi) is 6.46. The maximum atomic E-state index is 13.8. The first-order chi connectivity index (χ1) is 17.4. The number of nitrogens with zero attached hydrogens (tertiary/aromatic N) is 3. The Hall–Kier alpha value is -4.13. The Morgan fingerprint density at radius 3 is 2.50 bits per heavy atom. The normalized spacial score (nSPS) is 15.0. The molecule has 0 radical (unpaired) electrons. The van der Waals surface area contributed by atoms with Crippen molar-refractivity contribution in [1.82, 2.24) is 15.1 Å². The van der Waals surface area contributed by atoms with Crippen molar-refractivity contribution in [1.29, 1.82) is 0 Å². The van der Waals surface area contributed by atoms with E-state index in [0.717, 1.165) is 29.5 Å². The zero-order valence-corrected chi connectivity index (χ0v) is 19.4. The van der Waals surface area contributed by atoms with E-state index in [9.17, 15) is 23.2 Å². The standard InChI is InChI=1S/C23H19F2N5O5S/c24-13-1-3-15(25)16(9-13)27-19(31)12-5-7-30(8-6-12)23(33)22-29-28-21(36-22)20(32)26-14-2-4-17-18(10-14)35-11-34-17/h1-4,9-10,12H,5-8,11H2,(H,26,32)(H,27,31). The first kappa shape index (κ1) is 23.6. The predicted molar refractivity (Wildman–Crippen MR) is 124 cm³/mol. The number of halogens is 2. The van der Waals surface area contributed by atoms with E-state index in [1.165, 1.54) is 4.90 Å². The van der Waals surface area contributed by atoms with Crippen molar-refractivity contribution >= 4 is 40.4 Å². The molecule has 1 saturated heterocycles.